The van der Waals surface area contributed by atoms with Crippen molar-refractivity contribution in [3.63, 3.8) is 0 Å². The molecule has 3 aromatic carbocycles. The first-order chi connectivity index (χ1) is 16.6. The third-order valence-electron chi connectivity index (χ3n) is 5.19. The van der Waals surface area contributed by atoms with Gasteiger partial charge >= 0.3 is 6.09 Å². The average Bonchev–Trinajstić information content (AvgIpc) is 2.81. The molecule has 1 N–H and O–H groups in total. The first kappa shape index (κ1) is 26.2. The fourth-order valence-corrected chi connectivity index (χ4v) is 3.71. The maximum absolute atomic E-state index is 15.6. The number of amides is 1. The number of carbonyl (C=O) groups excluding carboxylic acids is 2. The summed E-state index contributed by atoms with van der Waals surface area (Å²) in [7, 11) is 0. The molecule has 5 nitrogen and oxygen atoms in total. The van der Waals surface area contributed by atoms with Crippen molar-refractivity contribution in [3.8, 4) is 5.75 Å². The van der Waals surface area contributed by atoms with E-state index in [1.807, 2.05) is 30.3 Å². The number of ether oxygens (including phenoxy) is 2. The molecule has 7 heteroatoms. The number of ketones is 1. The van der Waals surface area contributed by atoms with Crippen molar-refractivity contribution >= 4 is 23.5 Å². The van der Waals surface area contributed by atoms with Crippen LogP contribution in [-0.2, 0) is 11.3 Å². The van der Waals surface area contributed by atoms with E-state index in [-0.39, 0.29) is 21.7 Å². The van der Waals surface area contributed by atoms with Gasteiger partial charge in [0.15, 0.2) is 5.78 Å². The molecule has 0 heterocycles. The van der Waals surface area contributed by atoms with Crippen LogP contribution in [0.4, 0.5) is 9.18 Å². The van der Waals surface area contributed by atoms with E-state index in [4.69, 9.17) is 21.1 Å². The Labute approximate surface area is 210 Å². The highest BCUT2D eigenvalue weighted by Crippen LogP contribution is 2.30. The number of nitrogens with one attached hydrogen (secondary N) is 1. The smallest absolute Gasteiger partial charge is 0.408 e. The molecule has 0 aliphatic heterocycles. The van der Waals surface area contributed by atoms with Crippen LogP contribution in [0, 0.1) is 5.82 Å². The van der Waals surface area contributed by atoms with E-state index in [0.717, 1.165) is 5.56 Å². The number of carbonyl (C=O) groups is 2. The van der Waals surface area contributed by atoms with Crippen LogP contribution < -0.4 is 10.1 Å². The van der Waals surface area contributed by atoms with Gasteiger partial charge < -0.3 is 14.8 Å². The molecule has 1 atom stereocenters. The fraction of sp³-hybridized carbons (Fsp3) is 0.286. The van der Waals surface area contributed by atoms with Crippen molar-refractivity contribution < 1.29 is 23.5 Å². The van der Waals surface area contributed by atoms with E-state index in [2.05, 4.69) is 5.32 Å². The molecule has 0 fully saturated rings. The van der Waals surface area contributed by atoms with Crippen molar-refractivity contribution in [1.82, 2.24) is 5.32 Å². The lowest BCUT2D eigenvalue weighted by Gasteiger charge is -2.24. The molecular formula is C28H29ClFNO4. The highest BCUT2D eigenvalue weighted by molar-refractivity contribution is 6.35. The third kappa shape index (κ3) is 7.06. The highest BCUT2D eigenvalue weighted by atomic mass is 35.5. The van der Waals surface area contributed by atoms with Crippen LogP contribution in [0.3, 0.4) is 0 Å². The Balaban J connectivity index is 1.79. The molecule has 35 heavy (non-hydrogen) atoms. The summed E-state index contributed by atoms with van der Waals surface area (Å²) < 4.78 is 26.6. The molecule has 0 saturated carbocycles. The van der Waals surface area contributed by atoms with E-state index in [1.165, 1.54) is 12.1 Å². The van der Waals surface area contributed by atoms with Gasteiger partial charge in [-0.1, -0.05) is 54.9 Å². The summed E-state index contributed by atoms with van der Waals surface area (Å²) >= 11 is 6.24. The summed E-state index contributed by atoms with van der Waals surface area (Å²) in [6.45, 7) is 7.41. The van der Waals surface area contributed by atoms with Gasteiger partial charge in [0.1, 0.15) is 23.8 Å². The van der Waals surface area contributed by atoms with E-state index in [1.54, 1.807) is 52.0 Å². The minimum Gasteiger partial charge on any atom is -0.489 e. The van der Waals surface area contributed by atoms with Crippen LogP contribution in [0.5, 0.6) is 5.75 Å². The minimum atomic E-state index is -0.769. The number of alkyl carbamates (subject to hydrolysis) is 1. The summed E-state index contributed by atoms with van der Waals surface area (Å²) in [5.74, 6) is -0.746. The van der Waals surface area contributed by atoms with Gasteiger partial charge in [-0.15, -0.1) is 0 Å². The Morgan fingerprint density at radius 2 is 1.66 bits per heavy atom. The Bertz CT molecular complexity index is 1170. The van der Waals surface area contributed by atoms with Crippen LogP contribution in [0.25, 0.3) is 0 Å². The molecule has 3 aromatic rings. The molecule has 0 bridgehead atoms. The lowest BCUT2D eigenvalue weighted by molar-refractivity contribution is 0.0501. The molecule has 184 valence electrons. The highest BCUT2D eigenvalue weighted by Gasteiger charge is 2.26. The maximum Gasteiger partial charge on any atom is 0.408 e. The number of hydrogen-bond acceptors (Lipinski definition) is 4. The van der Waals surface area contributed by atoms with Crippen LogP contribution in [0.1, 0.15) is 67.2 Å². The summed E-state index contributed by atoms with van der Waals surface area (Å²) in [5.41, 5.74) is 0.506. The summed E-state index contributed by atoms with van der Waals surface area (Å²) in [6, 6.07) is 18.4. The lowest BCUT2D eigenvalue weighted by Crippen LogP contribution is -2.35. The number of hydrogen-bond donors (Lipinski definition) is 1. The van der Waals surface area contributed by atoms with E-state index in [0.29, 0.717) is 18.8 Å². The van der Waals surface area contributed by atoms with Crippen molar-refractivity contribution in [1.29, 1.82) is 0 Å². The van der Waals surface area contributed by atoms with Gasteiger partial charge in [0.25, 0.3) is 0 Å². The minimum absolute atomic E-state index is 0.00669. The second kappa shape index (κ2) is 11.4. The Morgan fingerprint density at radius 1 is 1.00 bits per heavy atom. The van der Waals surface area contributed by atoms with Gasteiger partial charge in [0.2, 0.25) is 0 Å². The summed E-state index contributed by atoms with van der Waals surface area (Å²) in [6.07, 6.45) is -0.281. The fourth-order valence-electron chi connectivity index (χ4n) is 3.48. The molecule has 0 spiro atoms. The largest absolute Gasteiger partial charge is 0.489 e. The van der Waals surface area contributed by atoms with Crippen molar-refractivity contribution in [3.05, 3.63) is 99.8 Å². The van der Waals surface area contributed by atoms with Crippen LogP contribution in [-0.4, -0.2) is 17.5 Å². The average molecular weight is 498 g/mol. The van der Waals surface area contributed by atoms with Gasteiger partial charge in [0, 0.05) is 11.1 Å². The van der Waals surface area contributed by atoms with Crippen molar-refractivity contribution in [2.45, 2.75) is 52.4 Å². The standard InChI is InChI=1S/C28H29ClFNO4/c1-5-23(31-27(33)35-28(2,3)4)21-15-16-22(29)24(25(21)30)26(32)19-11-13-20(14-12-19)34-17-18-9-7-6-8-10-18/h6-16,23H,5,17H2,1-4H3,(H,31,33)/t23-/m1/s1. The quantitative estimate of drug-likeness (QED) is 0.332. The number of halogens is 2. The Kier molecular flexibility index (Phi) is 8.52. The predicted molar refractivity (Wildman–Crippen MR) is 134 cm³/mol. The van der Waals surface area contributed by atoms with Crippen LogP contribution in [0.2, 0.25) is 5.02 Å². The predicted octanol–water partition coefficient (Wildman–Crippen LogP) is 7.26. The van der Waals surface area contributed by atoms with Gasteiger partial charge in [-0.05, 0) is 63.1 Å². The molecule has 0 radical (unpaired) electrons. The number of benzene rings is 3. The topological polar surface area (TPSA) is 64.6 Å². The first-order valence-electron chi connectivity index (χ1n) is 11.4. The van der Waals surface area contributed by atoms with Crippen molar-refractivity contribution in [2.75, 3.05) is 0 Å². The maximum atomic E-state index is 15.6. The Hall–Kier alpha value is -3.38. The van der Waals surface area contributed by atoms with Gasteiger partial charge in [-0.25, -0.2) is 9.18 Å². The third-order valence-corrected chi connectivity index (χ3v) is 5.50. The van der Waals surface area contributed by atoms with E-state index < -0.39 is 29.3 Å². The zero-order chi connectivity index (χ0) is 25.6. The SMILES string of the molecule is CC[C@@H](NC(=O)OC(C)(C)C)c1ccc(Cl)c(C(=O)c2ccc(OCc3ccccc3)cc2)c1F. The van der Waals surface area contributed by atoms with E-state index >= 15 is 4.39 Å². The lowest BCUT2D eigenvalue weighted by atomic mass is 9.96. The molecule has 3 rings (SSSR count). The van der Waals surface area contributed by atoms with Gasteiger partial charge in [-0.2, -0.15) is 0 Å². The molecule has 0 saturated heterocycles. The van der Waals surface area contributed by atoms with Crippen molar-refractivity contribution in [2.24, 2.45) is 0 Å². The summed E-state index contributed by atoms with van der Waals surface area (Å²) in [5, 5.41) is 2.66. The zero-order valence-corrected chi connectivity index (χ0v) is 21.0. The molecule has 0 aliphatic rings. The van der Waals surface area contributed by atoms with E-state index in [9.17, 15) is 9.59 Å². The summed E-state index contributed by atoms with van der Waals surface area (Å²) in [4.78, 5) is 25.4. The first-order valence-corrected chi connectivity index (χ1v) is 11.8. The molecule has 0 unspecified atom stereocenters. The van der Waals surface area contributed by atoms with Crippen LogP contribution >= 0.6 is 11.6 Å². The normalized spacial score (nSPS) is 12.1. The number of rotatable bonds is 8. The van der Waals surface area contributed by atoms with Gasteiger partial charge in [0.05, 0.1) is 16.6 Å². The van der Waals surface area contributed by atoms with Gasteiger partial charge in [-0.3, -0.25) is 4.79 Å². The monoisotopic (exact) mass is 497 g/mol. The Morgan fingerprint density at radius 3 is 2.26 bits per heavy atom. The molecule has 1 amide bonds. The zero-order valence-electron chi connectivity index (χ0n) is 20.2. The second-order valence-electron chi connectivity index (χ2n) is 9.06. The second-order valence-corrected chi connectivity index (χ2v) is 9.47. The molecular weight excluding hydrogens is 469 g/mol. The molecule has 0 aliphatic carbocycles. The van der Waals surface area contributed by atoms with Crippen LogP contribution in [0.15, 0.2) is 66.7 Å². The molecule has 0 aromatic heterocycles.